The molecular formula is C7H9O4. The van der Waals surface area contributed by atoms with Crippen LogP contribution < -0.4 is 0 Å². The molecule has 0 rings (SSSR count). The minimum Gasteiger partial charge on any atom is -0.403 e. The Morgan fingerprint density at radius 2 is 2.36 bits per heavy atom. The van der Waals surface area contributed by atoms with Gasteiger partial charge in [0.15, 0.2) is 0 Å². The predicted molar refractivity (Wildman–Crippen MR) is 37.3 cm³/mol. The summed E-state index contributed by atoms with van der Waals surface area (Å²) in [5.41, 5.74) is 0. The third-order valence-corrected chi connectivity index (χ3v) is 0.841. The third-order valence-electron chi connectivity index (χ3n) is 0.841. The van der Waals surface area contributed by atoms with E-state index in [2.05, 4.69) is 9.47 Å². The summed E-state index contributed by atoms with van der Waals surface area (Å²) in [5, 5.41) is 0. The highest BCUT2D eigenvalue weighted by atomic mass is 16.7. The number of carbonyl (C=O) groups excluding carboxylic acids is 2. The van der Waals surface area contributed by atoms with Gasteiger partial charge in [0.1, 0.15) is 0 Å². The fourth-order valence-electron chi connectivity index (χ4n) is 0.396. The predicted octanol–water partition coefficient (Wildman–Crippen LogP) is 1.52. The van der Waals surface area contributed by atoms with Crippen LogP contribution in [0.2, 0.25) is 0 Å². The van der Waals surface area contributed by atoms with Gasteiger partial charge in [-0.1, -0.05) is 13.3 Å². The second-order valence-corrected chi connectivity index (χ2v) is 1.71. The van der Waals surface area contributed by atoms with Crippen LogP contribution >= 0.6 is 0 Å². The van der Waals surface area contributed by atoms with Crippen LogP contribution in [0.3, 0.4) is 0 Å². The van der Waals surface area contributed by atoms with E-state index in [4.69, 9.17) is 0 Å². The van der Waals surface area contributed by atoms with Gasteiger partial charge in [0, 0.05) is 0 Å². The summed E-state index contributed by atoms with van der Waals surface area (Å²) in [6, 6.07) is 0. The Morgan fingerprint density at radius 3 is 2.91 bits per heavy atom. The molecule has 61 valence electrons. The normalized spacial score (nSPS) is 9.55. The van der Waals surface area contributed by atoms with E-state index in [9.17, 15) is 9.59 Å². The molecule has 0 aromatic rings. The summed E-state index contributed by atoms with van der Waals surface area (Å²) in [5.74, 6) is 0. The monoisotopic (exact) mass is 157 g/mol. The van der Waals surface area contributed by atoms with Gasteiger partial charge in [-0.05, 0) is 12.5 Å². The maximum atomic E-state index is 10.2. The molecule has 0 amide bonds. The Bertz CT molecular complexity index is 151. The zero-order valence-electron chi connectivity index (χ0n) is 6.20. The molecule has 0 aliphatic rings. The van der Waals surface area contributed by atoms with Gasteiger partial charge in [0.05, 0.1) is 6.26 Å². The van der Waals surface area contributed by atoms with Crippen LogP contribution in [0.4, 0.5) is 4.79 Å². The van der Waals surface area contributed by atoms with Gasteiger partial charge in [-0.2, -0.15) is 0 Å². The Kier molecular flexibility index (Phi) is 5.98. The molecule has 0 heterocycles. The van der Waals surface area contributed by atoms with E-state index in [1.54, 1.807) is 6.08 Å². The van der Waals surface area contributed by atoms with Crippen molar-refractivity contribution in [3.05, 3.63) is 12.3 Å². The van der Waals surface area contributed by atoms with Crippen molar-refractivity contribution >= 4 is 12.6 Å². The lowest BCUT2D eigenvalue weighted by atomic mass is 10.3. The van der Waals surface area contributed by atoms with Crippen LogP contribution in [-0.4, -0.2) is 12.6 Å². The first-order chi connectivity index (χ1) is 5.31. The van der Waals surface area contributed by atoms with E-state index in [0.717, 1.165) is 19.3 Å². The van der Waals surface area contributed by atoms with Crippen molar-refractivity contribution in [3.8, 4) is 0 Å². The molecule has 1 radical (unpaired) electrons. The summed E-state index contributed by atoms with van der Waals surface area (Å²) >= 11 is 0. The van der Waals surface area contributed by atoms with E-state index in [-0.39, 0.29) is 0 Å². The van der Waals surface area contributed by atoms with E-state index in [0.29, 0.717) is 0 Å². The van der Waals surface area contributed by atoms with E-state index < -0.39 is 6.16 Å². The quantitative estimate of drug-likeness (QED) is 0.352. The van der Waals surface area contributed by atoms with Crippen LogP contribution in [0, 0.1) is 0 Å². The topological polar surface area (TPSA) is 52.6 Å². The molecule has 4 heteroatoms. The number of allylic oxidation sites excluding steroid dienone is 1. The Morgan fingerprint density at radius 1 is 1.64 bits per heavy atom. The van der Waals surface area contributed by atoms with Gasteiger partial charge >= 0.3 is 12.6 Å². The fraction of sp³-hybridized carbons (Fsp3) is 0.429. The highest BCUT2D eigenvalue weighted by Gasteiger charge is 1.98. The molecule has 0 N–H and O–H groups in total. The van der Waals surface area contributed by atoms with Crippen molar-refractivity contribution in [1.82, 2.24) is 0 Å². The average molecular weight is 157 g/mol. The lowest BCUT2D eigenvalue weighted by Crippen LogP contribution is -2.00. The van der Waals surface area contributed by atoms with Crippen molar-refractivity contribution in [1.29, 1.82) is 0 Å². The smallest absolute Gasteiger partial charge is 0.403 e. The summed E-state index contributed by atoms with van der Waals surface area (Å²) in [6.07, 6.45) is 3.56. The second-order valence-electron chi connectivity index (χ2n) is 1.71. The molecule has 4 nitrogen and oxygen atoms in total. The fourth-order valence-corrected chi connectivity index (χ4v) is 0.396. The van der Waals surface area contributed by atoms with Gasteiger partial charge in [0.25, 0.3) is 0 Å². The average Bonchev–Trinajstić information content (AvgIpc) is 1.99. The summed E-state index contributed by atoms with van der Waals surface area (Å²) < 4.78 is 7.98. The number of hydrogen-bond donors (Lipinski definition) is 0. The first-order valence-electron chi connectivity index (χ1n) is 3.21. The van der Waals surface area contributed by atoms with E-state index >= 15 is 0 Å². The van der Waals surface area contributed by atoms with Crippen LogP contribution in [0.1, 0.15) is 19.8 Å². The molecule has 0 bridgehead atoms. The molecule has 0 aliphatic carbocycles. The zero-order valence-corrected chi connectivity index (χ0v) is 6.20. The minimum absolute atomic E-state index is 0.818. The molecular weight excluding hydrogens is 148 g/mol. The molecule has 0 aliphatic heterocycles. The van der Waals surface area contributed by atoms with Crippen LogP contribution in [0.25, 0.3) is 0 Å². The number of rotatable bonds is 4. The number of ether oxygens (including phenoxy) is 2. The lowest BCUT2D eigenvalue weighted by molar-refractivity contribution is 0.129. The van der Waals surface area contributed by atoms with Crippen LogP contribution in [-0.2, 0) is 14.3 Å². The largest absolute Gasteiger partial charge is 0.521 e. The summed E-state index contributed by atoms with van der Waals surface area (Å²) in [4.78, 5) is 19.7. The highest BCUT2D eigenvalue weighted by Crippen LogP contribution is 1.90. The Balaban J connectivity index is 3.36. The maximum absolute atomic E-state index is 10.2. The molecule has 0 unspecified atom stereocenters. The van der Waals surface area contributed by atoms with Crippen LogP contribution in [0.5, 0.6) is 0 Å². The van der Waals surface area contributed by atoms with Crippen molar-refractivity contribution in [2.24, 2.45) is 0 Å². The number of hydrogen-bond acceptors (Lipinski definition) is 4. The first-order valence-corrected chi connectivity index (χ1v) is 3.21. The van der Waals surface area contributed by atoms with Gasteiger partial charge in [-0.15, -0.1) is 0 Å². The summed E-state index contributed by atoms with van der Waals surface area (Å²) in [6.45, 7) is 2.94. The Hall–Kier alpha value is -1.32. The lowest BCUT2D eigenvalue weighted by Gasteiger charge is -1.91. The molecule has 0 saturated heterocycles. The summed E-state index contributed by atoms with van der Waals surface area (Å²) in [7, 11) is 0. The standard InChI is InChI=1S/C7H9O4/c1-2-3-4-5-10-7(9)11-6-8/h4-5H,2-3H2,1H3. The zero-order chi connectivity index (χ0) is 8.53. The Labute approximate surface area is 64.8 Å². The number of carbonyl (C=O) groups is 1. The van der Waals surface area contributed by atoms with Crippen molar-refractivity contribution in [2.45, 2.75) is 19.8 Å². The molecule has 11 heavy (non-hydrogen) atoms. The molecule has 0 aromatic heterocycles. The molecule has 0 atom stereocenters. The van der Waals surface area contributed by atoms with Gasteiger partial charge in [0.2, 0.25) is 0 Å². The third kappa shape index (κ3) is 6.57. The van der Waals surface area contributed by atoms with E-state index in [1.807, 2.05) is 6.92 Å². The van der Waals surface area contributed by atoms with Gasteiger partial charge in [-0.3, -0.25) is 0 Å². The first kappa shape index (κ1) is 9.68. The molecule has 0 spiro atoms. The minimum atomic E-state index is -1.06. The SMILES string of the molecule is CCCC=COC(=O)O[C]=O. The van der Waals surface area contributed by atoms with Crippen molar-refractivity contribution < 1.29 is 19.1 Å². The maximum Gasteiger partial charge on any atom is 0.521 e. The number of unbranched alkanes of at least 4 members (excludes halogenated alkanes) is 1. The molecule has 0 saturated carbocycles. The van der Waals surface area contributed by atoms with Gasteiger partial charge in [-0.25, -0.2) is 9.59 Å². The second kappa shape index (κ2) is 6.80. The van der Waals surface area contributed by atoms with Gasteiger partial charge < -0.3 is 9.47 Å². The molecule has 0 fully saturated rings. The van der Waals surface area contributed by atoms with Crippen molar-refractivity contribution in [3.63, 3.8) is 0 Å². The van der Waals surface area contributed by atoms with E-state index in [1.165, 1.54) is 6.26 Å². The molecule has 0 aromatic carbocycles. The van der Waals surface area contributed by atoms with Crippen molar-refractivity contribution in [2.75, 3.05) is 0 Å². The highest BCUT2D eigenvalue weighted by molar-refractivity contribution is 5.69. The van der Waals surface area contributed by atoms with Crippen LogP contribution in [0.15, 0.2) is 12.3 Å².